The van der Waals surface area contributed by atoms with Crippen LogP contribution < -0.4 is 10.6 Å². The summed E-state index contributed by atoms with van der Waals surface area (Å²) >= 11 is 0. The maximum atomic E-state index is 11.4. The molecule has 0 saturated carbocycles. The van der Waals surface area contributed by atoms with Crippen molar-refractivity contribution in [1.82, 2.24) is 5.32 Å². The highest BCUT2D eigenvalue weighted by Gasteiger charge is 2.21. The number of amides is 1. The molecule has 104 valence electrons. The Bertz CT molecular complexity index is 646. The van der Waals surface area contributed by atoms with Crippen molar-refractivity contribution < 1.29 is 9.21 Å². The lowest BCUT2D eigenvalue weighted by Gasteiger charge is -2.15. The zero-order valence-electron chi connectivity index (χ0n) is 11.7. The van der Waals surface area contributed by atoms with Crippen molar-refractivity contribution in [2.24, 2.45) is 0 Å². The SMILES string of the molecule is CCc1ccc(C(NC)c2ccc3c(c2)CC(=O)N3)o1. The highest BCUT2D eigenvalue weighted by atomic mass is 16.3. The number of hydrogen-bond acceptors (Lipinski definition) is 3. The third-order valence-corrected chi connectivity index (χ3v) is 3.69. The summed E-state index contributed by atoms with van der Waals surface area (Å²) in [6.45, 7) is 2.07. The lowest BCUT2D eigenvalue weighted by Crippen LogP contribution is -2.17. The average molecular weight is 270 g/mol. The zero-order valence-corrected chi connectivity index (χ0v) is 11.7. The molecular weight excluding hydrogens is 252 g/mol. The number of fused-ring (bicyclic) bond motifs is 1. The molecule has 0 fully saturated rings. The summed E-state index contributed by atoms with van der Waals surface area (Å²) in [6.07, 6.45) is 1.34. The van der Waals surface area contributed by atoms with Crippen molar-refractivity contribution in [1.29, 1.82) is 0 Å². The summed E-state index contributed by atoms with van der Waals surface area (Å²) < 4.78 is 5.84. The van der Waals surface area contributed by atoms with E-state index in [9.17, 15) is 4.79 Å². The van der Waals surface area contributed by atoms with Gasteiger partial charge in [-0.2, -0.15) is 0 Å². The molecule has 0 aliphatic carbocycles. The largest absolute Gasteiger partial charge is 0.464 e. The van der Waals surface area contributed by atoms with Crippen molar-refractivity contribution >= 4 is 11.6 Å². The van der Waals surface area contributed by atoms with Crippen molar-refractivity contribution in [3.8, 4) is 0 Å². The number of aryl methyl sites for hydroxylation is 1. The molecule has 0 saturated heterocycles. The van der Waals surface area contributed by atoms with Crippen molar-refractivity contribution in [2.45, 2.75) is 25.8 Å². The first-order valence-electron chi connectivity index (χ1n) is 6.89. The number of rotatable bonds is 4. The summed E-state index contributed by atoms with van der Waals surface area (Å²) in [5, 5.41) is 6.13. The molecule has 20 heavy (non-hydrogen) atoms. The predicted octanol–water partition coefficient (Wildman–Crippen LogP) is 2.65. The zero-order chi connectivity index (χ0) is 14.1. The summed E-state index contributed by atoms with van der Waals surface area (Å²) in [5.74, 6) is 1.95. The van der Waals surface area contributed by atoms with Gasteiger partial charge in [0, 0.05) is 12.1 Å². The Morgan fingerprint density at radius 2 is 2.20 bits per heavy atom. The second-order valence-electron chi connectivity index (χ2n) is 5.02. The lowest BCUT2D eigenvalue weighted by atomic mass is 10.0. The first kappa shape index (κ1) is 12.9. The Kier molecular flexibility index (Phi) is 3.32. The smallest absolute Gasteiger partial charge is 0.228 e. The molecule has 1 aliphatic heterocycles. The molecule has 0 bridgehead atoms. The number of carbonyl (C=O) groups excluding carboxylic acids is 1. The molecule has 0 radical (unpaired) electrons. The molecule has 3 rings (SSSR count). The van der Waals surface area contributed by atoms with Crippen LogP contribution in [-0.4, -0.2) is 13.0 Å². The summed E-state index contributed by atoms with van der Waals surface area (Å²) in [4.78, 5) is 11.4. The van der Waals surface area contributed by atoms with Gasteiger partial charge in [0.25, 0.3) is 0 Å². The van der Waals surface area contributed by atoms with Gasteiger partial charge in [0.2, 0.25) is 5.91 Å². The third-order valence-electron chi connectivity index (χ3n) is 3.69. The molecule has 1 unspecified atom stereocenters. The fraction of sp³-hybridized carbons (Fsp3) is 0.312. The van der Waals surface area contributed by atoms with Crippen LogP contribution in [0.15, 0.2) is 34.7 Å². The van der Waals surface area contributed by atoms with Crippen LogP contribution in [0.5, 0.6) is 0 Å². The maximum Gasteiger partial charge on any atom is 0.228 e. The Morgan fingerprint density at radius 3 is 2.90 bits per heavy atom. The highest BCUT2D eigenvalue weighted by molar-refractivity contribution is 5.99. The first-order valence-corrected chi connectivity index (χ1v) is 6.89. The second kappa shape index (κ2) is 5.13. The number of benzene rings is 1. The quantitative estimate of drug-likeness (QED) is 0.898. The fourth-order valence-electron chi connectivity index (χ4n) is 2.64. The van der Waals surface area contributed by atoms with E-state index < -0.39 is 0 Å². The highest BCUT2D eigenvalue weighted by Crippen LogP contribution is 2.30. The first-order chi connectivity index (χ1) is 9.71. The minimum atomic E-state index is 0.0105. The van der Waals surface area contributed by atoms with E-state index in [0.717, 1.165) is 34.8 Å². The Labute approximate surface area is 118 Å². The topological polar surface area (TPSA) is 54.3 Å². The molecule has 2 heterocycles. The summed E-state index contributed by atoms with van der Waals surface area (Å²) in [6, 6.07) is 10.1. The molecule has 1 aliphatic rings. The van der Waals surface area contributed by atoms with Crippen LogP contribution in [0.25, 0.3) is 0 Å². The van der Waals surface area contributed by atoms with Gasteiger partial charge in [-0.3, -0.25) is 4.79 Å². The monoisotopic (exact) mass is 270 g/mol. The van der Waals surface area contributed by atoms with Gasteiger partial charge >= 0.3 is 0 Å². The van der Waals surface area contributed by atoms with E-state index in [2.05, 4.69) is 23.6 Å². The minimum absolute atomic E-state index is 0.0105. The van der Waals surface area contributed by atoms with Gasteiger partial charge < -0.3 is 15.1 Å². The van der Waals surface area contributed by atoms with Gasteiger partial charge in [0.1, 0.15) is 11.5 Å². The Hall–Kier alpha value is -2.07. The molecule has 1 atom stereocenters. The number of carbonyl (C=O) groups is 1. The van der Waals surface area contributed by atoms with Crippen LogP contribution in [0, 0.1) is 0 Å². The molecule has 1 aromatic heterocycles. The third kappa shape index (κ3) is 2.23. The molecule has 2 N–H and O–H groups in total. The van der Waals surface area contributed by atoms with Crippen molar-refractivity contribution in [3.05, 3.63) is 53.0 Å². The van der Waals surface area contributed by atoms with Gasteiger partial charge in [-0.15, -0.1) is 0 Å². The van der Waals surface area contributed by atoms with Gasteiger partial charge in [-0.25, -0.2) is 0 Å². The van der Waals surface area contributed by atoms with Gasteiger partial charge in [-0.05, 0) is 36.4 Å². The van der Waals surface area contributed by atoms with E-state index in [0.29, 0.717) is 6.42 Å². The number of anilines is 1. The Morgan fingerprint density at radius 1 is 1.35 bits per heavy atom. The maximum absolute atomic E-state index is 11.4. The van der Waals surface area contributed by atoms with E-state index >= 15 is 0 Å². The van der Waals surface area contributed by atoms with Crippen LogP contribution in [0.1, 0.15) is 35.6 Å². The Balaban J connectivity index is 1.94. The van der Waals surface area contributed by atoms with Crippen LogP contribution >= 0.6 is 0 Å². The second-order valence-corrected chi connectivity index (χ2v) is 5.02. The standard InChI is InChI=1S/C16H18N2O2/c1-3-12-5-7-14(20-12)16(17-2)10-4-6-13-11(8-10)9-15(19)18-13/h4-8,16-17H,3,9H2,1-2H3,(H,18,19). The van der Waals surface area contributed by atoms with Gasteiger partial charge in [0.05, 0.1) is 12.5 Å². The van der Waals surface area contributed by atoms with Crippen LogP contribution in [0.4, 0.5) is 5.69 Å². The molecule has 1 amide bonds. The molecule has 1 aromatic carbocycles. The molecule has 4 nitrogen and oxygen atoms in total. The summed E-state index contributed by atoms with van der Waals surface area (Å²) in [7, 11) is 1.91. The van der Waals surface area contributed by atoms with E-state index in [-0.39, 0.29) is 11.9 Å². The minimum Gasteiger partial charge on any atom is -0.464 e. The van der Waals surface area contributed by atoms with E-state index in [1.54, 1.807) is 0 Å². The molecule has 4 heteroatoms. The lowest BCUT2D eigenvalue weighted by molar-refractivity contribution is -0.115. The van der Waals surface area contributed by atoms with Crippen LogP contribution in [0.3, 0.4) is 0 Å². The van der Waals surface area contributed by atoms with Crippen LogP contribution in [0.2, 0.25) is 0 Å². The summed E-state index contributed by atoms with van der Waals surface area (Å²) in [5.41, 5.74) is 3.08. The van der Waals surface area contributed by atoms with E-state index in [1.165, 1.54) is 0 Å². The average Bonchev–Trinajstić information content (AvgIpc) is 3.04. The van der Waals surface area contributed by atoms with Crippen molar-refractivity contribution in [2.75, 3.05) is 12.4 Å². The van der Waals surface area contributed by atoms with Crippen LogP contribution in [-0.2, 0) is 17.6 Å². The van der Waals surface area contributed by atoms with E-state index in [4.69, 9.17) is 4.42 Å². The molecule has 0 spiro atoms. The fourth-order valence-corrected chi connectivity index (χ4v) is 2.64. The van der Waals surface area contributed by atoms with E-state index in [1.807, 2.05) is 31.3 Å². The predicted molar refractivity (Wildman–Crippen MR) is 77.8 cm³/mol. The van der Waals surface area contributed by atoms with Gasteiger partial charge in [-0.1, -0.05) is 19.1 Å². The number of hydrogen-bond donors (Lipinski definition) is 2. The normalized spacial score (nSPS) is 15.0. The molecule has 2 aromatic rings. The van der Waals surface area contributed by atoms with Gasteiger partial charge in [0.15, 0.2) is 0 Å². The van der Waals surface area contributed by atoms with Crippen molar-refractivity contribution in [3.63, 3.8) is 0 Å². The number of nitrogens with one attached hydrogen (secondary N) is 2. The number of furan rings is 1. The molecular formula is C16H18N2O2.